The number of nitrogens with zero attached hydrogens (tertiary/aromatic N) is 1. The molecule has 1 rings (SSSR count). The van der Waals surface area contributed by atoms with Crippen molar-refractivity contribution >= 4 is 5.69 Å². The van der Waals surface area contributed by atoms with E-state index in [9.17, 15) is 14.5 Å². The van der Waals surface area contributed by atoms with Gasteiger partial charge in [0.15, 0.2) is 11.6 Å². The Morgan fingerprint density at radius 1 is 1.35 bits per heavy atom. The highest BCUT2D eigenvalue weighted by Gasteiger charge is 2.30. The van der Waals surface area contributed by atoms with E-state index in [4.69, 9.17) is 4.74 Å². The molecular formula is C14H21FN2O3. The number of nitrogens with one attached hydrogen (secondary N) is 1. The van der Waals surface area contributed by atoms with Crippen molar-refractivity contribution in [1.82, 2.24) is 5.32 Å². The number of nitro benzene ring substituents is 1. The zero-order valence-electron chi connectivity index (χ0n) is 12.4. The smallest absolute Gasteiger partial charge is 0.276 e. The fraction of sp³-hybridized carbons (Fsp3) is 0.571. The number of methoxy groups -OCH3 is 1. The Kier molecular flexibility index (Phi) is 5.44. The van der Waals surface area contributed by atoms with E-state index in [1.165, 1.54) is 13.2 Å². The molecule has 0 radical (unpaired) electrons. The first-order valence-electron chi connectivity index (χ1n) is 6.52. The molecule has 0 aromatic heterocycles. The van der Waals surface area contributed by atoms with Gasteiger partial charge in [-0.05, 0) is 26.0 Å². The van der Waals surface area contributed by atoms with Crippen LogP contribution in [0.5, 0.6) is 5.75 Å². The van der Waals surface area contributed by atoms with E-state index in [0.29, 0.717) is 5.56 Å². The van der Waals surface area contributed by atoms with Crippen LogP contribution in [0.2, 0.25) is 0 Å². The van der Waals surface area contributed by atoms with Crippen molar-refractivity contribution in [3.8, 4) is 5.75 Å². The summed E-state index contributed by atoms with van der Waals surface area (Å²) in [6.07, 6.45) is 0. The first kappa shape index (κ1) is 16.4. The van der Waals surface area contributed by atoms with Gasteiger partial charge < -0.3 is 10.1 Å². The van der Waals surface area contributed by atoms with Crippen molar-refractivity contribution in [2.24, 2.45) is 5.92 Å². The third-order valence-electron chi connectivity index (χ3n) is 3.57. The van der Waals surface area contributed by atoms with Crippen LogP contribution in [0.4, 0.5) is 10.1 Å². The predicted molar refractivity (Wildman–Crippen MR) is 75.7 cm³/mol. The van der Waals surface area contributed by atoms with Crippen LogP contribution in [-0.2, 0) is 0 Å². The van der Waals surface area contributed by atoms with Crippen molar-refractivity contribution in [1.29, 1.82) is 0 Å². The van der Waals surface area contributed by atoms with E-state index in [-0.39, 0.29) is 29.3 Å². The number of hydrogen-bond donors (Lipinski definition) is 1. The summed E-state index contributed by atoms with van der Waals surface area (Å²) >= 11 is 0. The number of rotatable bonds is 6. The van der Waals surface area contributed by atoms with Gasteiger partial charge in [-0.15, -0.1) is 0 Å². The summed E-state index contributed by atoms with van der Waals surface area (Å²) < 4.78 is 18.6. The minimum atomic E-state index is -0.720. The lowest BCUT2D eigenvalue weighted by Crippen LogP contribution is -2.32. The van der Waals surface area contributed by atoms with Crippen molar-refractivity contribution in [3.05, 3.63) is 33.6 Å². The quantitative estimate of drug-likeness (QED) is 0.644. The SMILES string of the molecule is CNC(C)C(c1cc(OC)c(F)cc1[N+](=O)[O-])C(C)C. The number of nitro groups is 1. The zero-order valence-corrected chi connectivity index (χ0v) is 12.4. The number of hydrogen-bond acceptors (Lipinski definition) is 4. The Bertz CT molecular complexity index is 492. The number of benzene rings is 1. The molecule has 2 unspecified atom stereocenters. The lowest BCUT2D eigenvalue weighted by atomic mass is 9.82. The van der Waals surface area contributed by atoms with Gasteiger partial charge in [-0.2, -0.15) is 0 Å². The van der Waals surface area contributed by atoms with Crippen molar-refractivity contribution < 1.29 is 14.1 Å². The van der Waals surface area contributed by atoms with Crippen LogP contribution in [-0.4, -0.2) is 25.1 Å². The second-order valence-corrected chi connectivity index (χ2v) is 5.15. The van der Waals surface area contributed by atoms with Crippen LogP contribution in [0.15, 0.2) is 12.1 Å². The average molecular weight is 284 g/mol. The molecule has 1 aromatic rings. The third-order valence-corrected chi connectivity index (χ3v) is 3.57. The molecule has 0 aliphatic rings. The minimum absolute atomic E-state index is 0.0175. The third kappa shape index (κ3) is 3.25. The summed E-state index contributed by atoms with van der Waals surface area (Å²) in [6.45, 7) is 5.92. The van der Waals surface area contributed by atoms with Gasteiger partial charge in [-0.3, -0.25) is 10.1 Å². The maximum Gasteiger partial charge on any atom is 0.276 e. The summed E-state index contributed by atoms with van der Waals surface area (Å²) in [7, 11) is 3.15. The summed E-state index contributed by atoms with van der Waals surface area (Å²) in [5.41, 5.74) is 0.286. The highest BCUT2D eigenvalue weighted by atomic mass is 19.1. The lowest BCUT2D eigenvalue weighted by Gasteiger charge is -2.27. The Hall–Kier alpha value is -1.69. The molecule has 20 heavy (non-hydrogen) atoms. The highest BCUT2D eigenvalue weighted by molar-refractivity contribution is 5.49. The molecule has 0 bridgehead atoms. The Balaban J connectivity index is 3.49. The van der Waals surface area contributed by atoms with E-state index < -0.39 is 10.7 Å². The largest absolute Gasteiger partial charge is 0.494 e. The topological polar surface area (TPSA) is 64.4 Å². The second kappa shape index (κ2) is 6.65. The van der Waals surface area contributed by atoms with Crippen molar-refractivity contribution in [3.63, 3.8) is 0 Å². The minimum Gasteiger partial charge on any atom is -0.494 e. The summed E-state index contributed by atoms with van der Waals surface area (Å²) in [6, 6.07) is 2.39. The normalized spacial score (nSPS) is 14.2. The molecule has 0 saturated carbocycles. The molecular weight excluding hydrogens is 263 g/mol. The van der Waals surface area contributed by atoms with Crippen molar-refractivity contribution in [2.45, 2.75) is 32.7 Å². The molecule has 0 aliphatic carbocycles. The summed E-state index contributed by atoms with van der Waals surface area (Å²) in [4.78, 5) is 10.6. The lowest BCUT2D eigenvalue weighted by molar-refractivity contribution is -0.386. The predicted octanol–water partition coefficient (Wildman–Crippen LogP) is 3.09. The van der Waals surface area contributed by atoms with Gasteiger partial charge >= 0.3 is 0 Å². The van der Waals surface area contributed by atoms with Crippen LogP contribution < -0.4 is 10.1 Å². The van der Waals surface area contributed by atoms with Crippen LogP contribution in [0.25, 0.3) is 0 Å². The number of ether oxygens (including phenoxy) is 1. The van der Waals surface area contributed by atoms with Crippen molar-refractivity contribution in [2.75, 3.05) is 14.2 Å². The van der Waals surface area contributed by atoms with Crippen LogP contribution >= 0.6 is 0 Å². The zero-order chi connectivity index (χ0) is 15.4. The van der Waals surface area contributed by atoms with Gasteiger partial charge in [0.2, 0.25) is 0 Å². The molecule has 112 valence electrons. The Morgan fingerprint density at radius 2 is 1.95 bits per heavy atom. The van der Waals surface area contributed by atoms with Crippen LogP contribution in [0.3, 0.4) is 0 Å². The molecule has 1 aromatic carbocycles. The van der Waals surface area contributed by atoms with Gasteiger partial charge in [0.05, 0.1) is 18.1 Å². The molecule has 0 fully saturated rings. The molecule has 0 aliphatic heterocycles. The van der Waals surface area contributed by atoms with E-state index in [0.717, 1.165) is 6.07 Å². The second-order valence-electron chi connectivity index (χ2n) is 5.15. The molecule has 0 amide bonds. The first-order chi connectivity index (χ1) is 9.33. The van der Waals surface area contributed by atoms with Gasteiger partial charge in [-0.1, -0.05) is 13.8 Å². The summed E-state index contributed by atoms with van der Waals surface area (Å²) in [5.74, 6) is -0.650. The number of halogens is 1. The van der Waals surface area contributed by atoms with Gasteiger partial charge in [0.1, 0.15) is 0 Å². The van der Waals surface area contributed by atoms with E-state index in [1.54, 1.807) is 7.05 Å². The molecule has 6 heteroatoms. The maximum absolute atomic E-state index is 13.7. The first-order valence-corrected chi connectivity index (χ1v) is 6.52. The summed E-state index contributed by atoms with van der Waals surface area (Å²) in [5, 5.41) is 14.3. The molecule has 5 nitrogen and oxygen atoms in total. The molecule has 0 saturated heterocycles. The molecule has 2 atom stereocenters. The standard InChI is InChI=1S/C14H21FN2O3/c1-8(2)14(9(3)16-4)10-6-13(20-5)11(15)7-12(10)17(18)19/h6-9,14,16H,1-5H3. The monoisotopic (exact) mass is 284 g/mol. The highest BCUT2D eigenvalue weighted by Crippen LogP contribution is 2.37. The van der Waals surface area contributed by atoms with Gasteiger partial charge in [-0.25, -0.2) is 4.39 Å². The van der Waals surface area contributed by atoms with Crippen LogP contribution in [0, 0.1) is 21.8 Å². The Labute approximate surface area is 118 Å². The van der Waals surface area contributed by atoms with E-state index >= 15 is 0 Å². The molecule has 0 spiro atoms. The molecule has 0 heterocycles. The fourth-order valence-corrected chi connectivity index (χ4v) is 2.53. The van der Waals surface area contributed by atoms with Crippen LogP contribution in [0.1, 0.15) is 32.3 Å². The average Bonchev–Trinajstić information content (AvgIpc) is 2.39. The van der Waals surface area contributed by atoms with Gasteiger partial charge in [0.25, 0.3) is 5.69 Å². The fourth-order valence-electron chi connectivity index (χ4n) is 2.53. The number of likely N-dealkylation sites (N-methyl/N-ethyl adjacent to an activating group) is 1. The maximum atomic E-state index is 13.7. The van der Waals surface area contributed by atoms with E-state index in [1.807, 2.05) is 20.8 Å². The Morgan fingerprint density at radius 3 is 2.35 bits per heavy atom. The van der Waals surface area contributed by atoms with E-state index in [2.05, 4.69) is 5.32 Å². The molecule has 1 N–H and O–H groups in total. The van der Waals surface area contributed by atoms with Gasteiger partial charge in [0, 0.05) is 17.5 Å².